The zero-order chi connectivity index (χ0) is 15.8. The molecule has 4 rings (SSSR count). The molecule has 5 nitrogen and oxygen atoms in total. The van der Waals surface area contributed by atoms with Crippen molar-refractivity contribution in [2.75, 3.05) is 5.32 Å². The first-order valence-corrected chi connectivity index (χ1v) is 9.13. The molecule has 0 spiro atoms. The first-order valence-electron chi connectivity index (χ1n) is 7.26. The summed E-state index contributed by atoms with van der Waals surface area (Å²) in [5.74, 6) is 0.713. The average Bonchev–Trinajstić information content (AvgIpc) is 3.03. The van der Waals surface area contributed by atoms with E-state index < -0.39 is 0 Å². The van der Waals surface area contributed by atoms with Gasteiger partial charge in [0, 0.05) is 8.04 Å². The summed E-state index contributed by atoms with van der Waals surface area (Å²) in [6, 6.07) is 17.2. The normalized spacial score (nSPS) is 19.9. The molecule has 0 aliphatic carbocycles. The second-order valence-electron chi connectivity index (χ2n) is 5.50. The number of nitrogens with one attached hydrogen (secondary N) is 1. The van der Waals surface area contributed by atoms with Crippen molar-refractivity contribution in [2.24, 2.45) is 0 Å². The van der Waals surface area contributed by atoms with Crippen molar-refractivity contribution in [1.29, 1.82) is 0 Å². The standard InChI is InChI=1S/C16H13BrIN5/c17-12-3-1-2-11(8-12)15-9-14(10-4-6-13(18)7-5-10)19-16-20-21-22-23(15)16/h1-8,14-15H,9H2,(H,19,20,22)/t14-,15-/m0/s1. The van der Waals surface area contributed by atoms with Crippen molar-refractivity contribution in [2.45, 2.75) is 18.5 Å². The number of aromatic nitrogens is 4. The quantitative estimate of drug-likeness (QED) is 0.558. The molecule has 0 saturated heterocycles. The SMILES string of the molecule is Brc1cccc([C@@H]2C[C@@H](c3ccc(I)cc3)Nc3nnnn32)c1. The number of halogens is 2. The summed E-state index contributed by atoms with van der Waals surface area (Å²) in [4.78, 5) is 0. The lowest BCUT2D eigenvalue weighted by Gasteiger charge is -2.31. The Labute approximate surface area is 155 Å². The van der Waals surface area contributed by atoms with Crippen LogP contribution in [0.2, 0.25) is 0 Å². The van der Waals surface area contributed by atoms with E-state index in [-0.39, 0.29) is 12.1 Å². The molecule has 0 radical (unpaired) electrons. The van der Waals surface area contributed by atoms with Crippen LogP contribution in [0, 0.1) is 3.57 Å². The number of rotatable bonds is 2. The number of benzene rings is 2. The Balaban J connectivity index is 1.73. The number of anilines is 1. The Hall–Kier alpha value is -1.48. The molecule has 1 aliphatic heterocycles. The molecule has 2 aromatic carbocycles. The van der Waals surface area contributed by atoms with E-state index in [4.69, 9.17) is 0 Å². The van der Waals surface area contributed by atoms with Crippen LogP contribution in [-0.4, -0.2) is 20.2 Å². The molecule has 2 heterocycles. The predicted molar refractivity (Wildman–Crippen MR) is 100 cm³/mol. The summed E-state index contributed by atoms with van der Waals surface area (Å²) in [7, 11) is 0. The van der Waals surface area contributed by atoms with Gasteiger partial charge in [0.1, 0.15) is 0 Å². The van der Waals surface area contributed by atoms with E-state index >= 15 is 0 Å². The highest BCUT2D eigenvalue weighted by atomic mass is 127. The van der Waals surface area contributed by atoms with Crippen molar-refractivity contribution < 1.29 is 0 Å². The van der Waals surface area contributed by atoms with E-state index in [1.54, 1.807) is 0 Å². The van der Waals surface area contributed by atoms with Crippen LogP contribution < -0.4 is 5.32 Å². The van der Waals surface area contributed by atoms with Gasteiger partial charge in [-0.2, -0.15) is 0 Å². The molecular formula is C16H13BrIN5. The first-order chi connectivity index (χ1) is 11.2. The number of hydrogen-bond donors (Lipinski definition) is 1. The molecule has 0 amide bonds. The second kappa shape index (κ2) is 6.20. The molecule has 0 saturated carbocycles. The van der Waals surface area contributed by atoms with Crippen molar-refractivity contribution in [3.8, 4) is 0 Å². The van der Waals surface area contributed by atoms with Crippen molar-refractivity contribution >= 4 is 44.5 Å². The van der Waals surface area contributed by atoms with Gasteiger partial charge in [-0.15, -0.1) is 0 Å². The van der Waals surface area contributed by atoms with Crippen molar-refractivity contribution in [1.82, 2.24) is 20.2 Å². The van der Waals surface area contributed by atoms with Gasteiger partial charge in [0.15, 0.2) is 0 Å². The van der Waals surface area contributed by atoms with E-state index in [9.17, 15) is 0 Å². The van der Waals surface area contributed by atoms with Gasteiger partial charge in [-0.1, -0.05) is 45.3 Å². The molecule has 1 aromatic heterocycles. The van der Waals surface area contributed by atoms with Crippen LogP contribution in [0.4, 0.5) is 5.95 Å². The largest absolute Gasteiger partial charge is 0.346 e. The van der Waals surface area contributed by atoms with Gasteiger partial charge < -0.3 is 5.32 Å². The van der Waals surface area contributed by atoms with Crippen LogP contribution in [0.25, 0.3) is 0 Å². The molecular weight excluding hydrogens is 469 g/mol. The van der Waals surface area contributed by atoms with Crippen molar-refractivity contribution in [3.63, 3.8) is 0 Å². The fourth-order valence-corrected chi connectivity index (χ4v) is 3.72. The van der Waals surface area contributed by atoms with E-state index in [0.717, 1.165) is 10.9 Å². The Morgan fingerprint density at radius 1 is 1.13 bits per heavy atom. The molecule has 1 N–H and O–H groups in total. The predicted octanol–water partition coefficient (Wildman–Crippen LogP) is 4.19. The minimum atomic E-state index is 0.114. The van der Waals surface area contributed by atoms with Gasteiger partial charge in [0.25, 0.3) is 0 Å². The summed E-state index contributed by atoms with van der Waals surface area (Å²) >= 11 is 5.87. The Bertz CT molecular complexity index is 832. The lowest BCUT2D eigenvalue weighted by Crippen LogP contribution is -2.28. The molecule has 0 fully saturated rings. The van der Waals surface area contributed by atoms with E-state index in [1.807, 2.05) is 16.8 Å². The number of fused-ring (bicyclic) bond motifs is 1. The number of nitrogens with zero attached hydrogens (tertiary/aromatic N) is 4. The highest BCUT2D eigenvalue weighted by Gasteiger charge is 2.30. The van der Waals surface area contributed by atoms with Crippen LogP contribution in [0.5, 0.6) is 0 Å². The minimum Gasteiger partial charge on any atom is -0.346 e. The van der Waals surface area contributed by atoms with Gasteiger partial charge >= 0.3 is 0 Å². The summed E-state index contributed by atoms with van der Waals surface area (Å²) in [6.07, 6.45) is 0.898. The fourth-order valence-electron chi connectivity index (χ4n) is 2.94. The van der Waals surface area contributed by atoms with Crippen LogP contribution in [0.3, 0.4) is 0 Å². The van der Waals surface area contributed by atoms with Crippen LogP contribution in [-0.2, 0) is 0 Å². The molecule has 2 atom stereocenters. The van der Waals surface area contributed by atoms with Crippen molar-refractivity contribution in [3.05, 3.63) is 67.7 Å². The highest BCUT2D eigenvalue weighted by Crippen LogP contribution is 2.37. The number of hydrogen-bond acceptors (Lipinski definition) is 4. The van der Waals surface area contributed by atoms with Gasteiger partial charge in [0.2, 0.25) is 5.95 Å². The smallest absolute Gasteiger partial charge is 0.243 e. The minimum absolute atomic E-state index is 0.114. The maximum Gasteiger partial charge on any atom is 0.243 e. The molecule has 23 heavy (non-hydrogen) atoms. The molecule has 3 aromatic rings. The molecule has 0 bridgehead atoms. The fraction of sp³-hybridized carbons (Fsp3) is 0.188. The molecule has 0 unspecified atom stereocenters. The molecule has 7 heteroatoms. The Morgan fingerprint density at radius 3 is 2.74 bits per heavy atom. The lowest BCUT2D eigenvalue weighted by molar-refractivity contribution is 0.423. The third-order valence-corrected chi connectivity index (χ3v) is 5.27. The zero-order valence-electron chi connectivity index (χ0n) is 12.0. The number of tetrazole rings is 1. The van der Waals surface area contributed by atoms with Gasteiger partial charge in [-0.05, 0) is 74.8 Å². The monoisotopic (exact) mass is 481 g/mol. The summed E-state index contributed by atoms with van der Waals surface area (Å²) in [5.41, 5.74) is 2.45. The Kier molecular flexibility index (Phi) is 4.06. The third-order valence-electron chi connectivity index (χ3n) is 4.06. The zero-order valence-corrected chi connectivity index (χ0v) is 15.8. The van der Waals surface area contributed by atoms with Crippen LogP contribution in [0.15, 0.2) is 53.0 Å². The van der Waals surface area contributed by atoms with Gasteiger partial charge in [-0.3, -0.25) is 0 Å². The summed E-state index contributed by atoms with van der Waals surface area (Å²) < 4.78 is 4.16. The second-order valence-corrected chi connectivity index (χ2v) is 7.66. The first kappa shape index (κ1) is 15.1. The van der Waals surface area contributed by atoms with E-state index in [1.165, 1.54) is 14.7 Å². The average molecular weight is 482 g/mol. The molecule has 116 valence electrons. The molecule has 1 aliphatic rings. The summed E-state index contributed by atoms with van der Waals surface area (Å²) in [5, 5.41) is 15.6. The topological polar surface area (TPSA) is 55.6 Å². The maximum atomic E-state index is 4.16. The van der Waals surface area contributed by atoms with Gasteiger partial charge in [-0.25, -0.2) is 4.68 Å². The van der Waals surface area contributed by atoms with E-state index in [0.29, 0.717) is 5.95 Å². The highest BCUT2D eigenvalue weighted by molar-refractivity contribution is 14.1. The maximum absolute atomic E-state index is 4.16. The summed E-state index contributed by atoms with van der Waals surface area (Å²) in [6.45, 7) is 0. The van der Waals surface area contributed by atoms with E-state index in [2.05, 4.69) is 95.8 Å². The van der Waals surface area contributed by atoms with Crippen LogP contribution >= 0.6 is 38.5 Å². The Morgan fingerprint density at radius 2 is 1.96 bits per heavy atom. The third kappa shape index (κ3) is 2.99. The van der Waals surface area contributed by atoms with Crippen LogP contribution in [0.1, 0.15) is 29.6 Å². The van der Waals surface area contributed by atoms with Gasteiger partial charge in [0.05, 0.1) is 12.1 Å². The lowest BCUT2D eigenvalue weighted by atomic mass is 9.93.